The van der Waals surface area contributed by atoms with Crippen LogP contribution in [0.2, 0.25) is 0 Å². The summed E-state index contributed by atoms with van der Waals surface area (Å²) < 4.78 is 34.5. The summed E-state index contributed by atoms with van der Waals surface area (Å²) in [5.74, 6) is 0.112. The Balaban J connectivity index is 1.72. The molecule has 0 bridgehead atoms. The van der Waals surface area contributed by atoms with Crippen molar-refractivity contribution in [2.24, 2.45) is 0 Å². The Morgan fingerprint density at radius 3 is 2.74 bits per heavy atom. The Bertz CT molecular complexity index is 612. The van der Waals surface area contributed by atoms with E-state index in [-0.39, 0.29) is 11.5 Å². The molecule has 0 unspecified atom stereocenters. The third-order valence-electron chi connectivity index (χ3n) is 2.82. The molecule has 100 valence electrons. The lowest BCUT2D eigenvalue weighted by atomic mass is 10.2. The van der Waals surface area contributed by atoms with Crippen LogP contribution < -0.4 is 14.8 Å². The van der Waals surface area contributed by atoms with E-state index in [0.29, 0.717) is 12.2 Å². The molecule has 0 spiro atoms. The molecule has 1 aliphatic heterocycles. The first-order valence-electron chi connectivity index (χ1n) is 5.70. The van der Waals surface area contributed by atoms with Gasteiger partial charge in [0.05, 0.1) is 0 Å². The molecule has 1 aromatic heterocycles. The third kappa shape index (κ3) is 2.49. The Kier molecular flexibility index (Phi) is 2.82. The summed E-state index contributed by atoms with van der Waals surface area (Å²) in [4.78, 5) is 1.21. The zero-order valence-corrected chi connectivity index (χ0v) is 10.9. The molecule has 3 nitrogen and oxygen atoms in total. The molecule has 1 aromatic carbocycles. The van der Waals surface area contributed by atoms with E-state index in [2.05, 4.69) is 14.8 Å². The monoisotopic (exact) mass is 283 g/mol. The molecule has 0 radical (unpaired) electrons. The quantitative estimate of drug-likeness (QED) is 0.924. The molecule has 0 atom stereocenters. The van der Waals surface area contributed by atoms with Gasteiger partial charge >= 0.3 is 6.29 Å². The van der Waals surface area contributed by atoms with Crippen LogP contribution in [-0.2, 0) is 6.54 Å². The van der Waals surface area contributed by atoms with E-state index in [0.717, 1.165) is 0 Å². The Hall–Kier alpha value is -1.82. The molecule has 0 saturated heterocycles. The molecule has 1 aliphatic rings. The fourth-order valence-corrected chi connectivity index (χ4v) is 2.67. The number of alkyl halides is 2. The van der Waals surface area contributed by atoms with Gasteiger partial charge in [-0.2, -0.15) is 0 Å². The minimum Gasteiger partial charge on any atom is -0.395 e. The summed E-state index contributed by atoms with van der Waals surface area (Å²) in [7, 11) is 0. The smallest absolute Gasteiger partial charge is 0.395 e. The van der Waals surface area contributed by atoms with Gasteiger partial charge in [0.1, 0.15) is 0 Å². The number of benzene rings is 1. The summed E-state index contributed by atoms with van der Waals surface area (Å²) in [5, 5.41) is 5.20. The van der Waals surface area contributed by atoms with E-state index < -0.39 is 6.29 Å². The van der Waals surface area contributed by atoms with Crippen LogP contribution in [0.3, 0.4) is 0 Å². The molecule has 0 saturated carbocycles. The minimum atomic E-state index is -3.56. The van der Waals surface area contributed by atoms with Crippen LogP contribution in [0.15, 0.2) is 29.6 Å². The van der Waals surface area contributed by atoms with Gasteiger partial charge in [0.25, 0.3) is 0 Å². The number of rotatable bonds is 3. The molecular weight excluding hydrogens is 272 g/mol. The van der Waals surface area contributed by atoms with Crippen LogP contribution in [0.25, 0.3) is 0 Å². The minimum absolute atomic E-state index is 0.0536. The Morgan fingerprint density at radius 2 is 2.00 bits per heavy atom. The third-order valence-corrected chi connectivity index (χ3v) is 3.85. The zero-order valence-electron chi connectivity index (χ0n) is 10.1. The summed E-state index contributed by atoms with van der Waals surface area (Å²) >= 11 is 1.66. The van der Waals surface area contributed by atoms with Gasteiger partial charge in [0.15, 0.2) is 11.5 Å². The highest BCUT2D eigenvalue weighted by molar-refractivity contribution is 7.10. The number of hydrogen-bond donors (Lipinski definition) is 1. The maximum absolute atomic E-state index is 12.9. The maximum Gasteiger partial charge on any atom is 0.586 e. The predicted octanol–water partition coefficient (Wildman–Crippen LogP) is 3.99. The summed E-state index contributed by atoms with van der Waals surface area (Å²) in [5.41, 5.74) is 1.93. The number of hydrogen-bond acceptors (Lipinski definition) is 4. The highest BCUT2D eigenvalue weighted by Gasteiger charge is 2.43. The molecule has 3 rings (SSSR count). The fraction of sp³-hybridized carbons (Fsp3) is 0.231. The molecule has 0 fully saturated rings. The molecule has 19 heavy (non-hydrogen) atoms. The van der Waals surface area contributed by atoms with E-state index >= 15 is 0 Å². The van der Waals surface area contributed by atoms with Crippen molar-refractivity contribution in [3.63, 3.8) is 0 Å². The number of fused-ring (bicyclic) bond motifs is 1. The van der Waals surface area contributed by atoms with Crippen molar-refractivity contribution in [3.8, 4) is 11.5 Å². The second kappa shape index (κ2) is 4.38. The first-order chi connectivity index (χ1) is 9.03. The predicted molar refractivity (Wildman–Crippen MR) is 69.0 cm³/mol. The van der Waals surface area contributed by atoms with Crippen LogP contribution in [0.1, 0.15) is 10.4 Å². The second-order valence-corrected chi connectivity index (χ2v) is 5.21. The van der Waals surface area contributed by atoms with Crippen molar-refractivity contribution >= 4 is 17.0 Å². The van der Waals surface area contributed by atoms with E-state index in [1.165, 1.54) is 22.6 Å². The van der Waals surface area contributed by atoms with Gasteiger partial charge < -0.3 is 14.8 Å². The first-order valence-corrected chi connectivity index (χ1v) is 6.58. The lowest BCUT2D eigenvalue weighted by molar-refractivity contribution is -0.286. The lowest BCUT2D eigenvalue weighted by Gasteiger charge is -2.06. The first kappa shape index (κ1) is 12.2. The molecule has 0 amide bonds. The average Bonchev–Trinajstić information content (AvgIpc) is 2.87. The standard InChI is InChI=1S/C13H11F2NO2S/c1-8-4-5-19-12(8)7-16-9-2-3-10-11(6-9)18-13(14,15)17-10/h2-6,16H,7H2,1H3. The van der Waals surface area contributed by atoms with Crippen LogP contribution >= 0.6 is 11.3 Å². The van der Waals surface area contributed by atoms with Gasteiger partial charge in [0, 0.05) is 23.2 Å². The molecule has 0 aliphatic carbocycles. The van der Waals surface area contributed by atoms with Crippen molar-refractivity contribution in [3.05, 3.63) is 40.1 Å². The molecular formula is C13H11F2NO2S. The van der Waals surface area contributed by atoms with Crippen molar-refractivity contribution in [1.82, 2.24) is 0 Å². The SMILES string of the molecule is Cc1ccsc1CNc1ccc2c(c1)OC(F)(F)O2. The number of anilines is 1. The summed E-state index contributed by atoms with van der Waals surface area (Å²) in [6, 6.07) is 6.72. The van der Waals surface area contributed by atoms with Gasteiger partial charge in [-0.05, 0) is 36.1 Å². The van der Waals surface area contributed by atoms with E-state index in [1.54, 1.807) is 17.4 Å². The highest BCUT2D eigenvalue weighted by atomic mass is 32.1. The van der Waals surface area contributed by atoms with Crippen molar-refractivity contribution in [2.45, 2.75) is 19.8 Å². The van der Waals surface area contributed by atoms with Crippen LogP contribution in [0, 0.1) is 6.92 Å². The summed E-state index contributed by atoms with van der Waals surface area (Å²) in [6.07, 6.45) is -3.56. The van der Waals surface area contributed by atoms with Crippen molar-refractivity contribution < 1.29 is 18.3 Å². The van der Waals surface area contributed by atoms with E-state index in [9.17, 15) is 8.78 Å². The number of ether oxygens (including phenoxy) is 2. The maximum atomic E-state index is 12.9. The van der Waals surface area contributed by atoms with Gasteiger partial charge in [-0.1, -0.05) is 0 Å². The largest absolute Gasteiger partial charge is 0.586 e. The van der Waals surface area contributed by atoms with Crippen molar-refractivity contribution in [1.29, 1.82) is 0 Å². The highest BCUT2D eigenvalue weighted by Crippen LogP contribution is 2.42. The fourth-order valence-electron chi connectivity index (χ4n) is 1.83. The topological polar surface area (TPSA) is 30.5 Å². The van der Waals surface area contributed by atoms with Gasteiger partial charge in [-0.25, -0.2) is 0 Å². The van der Waals surface area contributed by atoms with Crippen LogP contribution in [-0.4, -0.2) is 6.29 Å². The summed E-state index contributed by atoms with van der Waals surface area (Å²) in [6.45, 7) is 2.69. The normalized spacial score (nSPS) is 15.5. The van der Waals surface area contributed by atoms with Crippen LogP contribution in [0.5, 0.6) is 11.5 Å². The van der Waals surface area contributed by atoms with Gasteiger partial charge in [-0.15, -0.1) is 20.1 Å². The molecule has 2 heterocycles. The molecule has 1 N–H and O–H groups in total. The van der Waals surface area contributed by atoms with E-state index in [4.69, 9.17) is 0 Å². The average molecular weight is 283 g/mol. The number of aryl methyl sites for hydroxylation is 1. The van der Waals surface area contributed by atoms with Gasteiger partial charge in [-0.3, -0.25) is 0 Å². The van der Waals surface area contributed by atoms with Crippen molar-refractivity contribution in [2.75, 3.05) is 5.32 Å². The second-order valence-electron chi connectivity index (χ2n) is 4.21. The number of nitrogens with one attached hydrogen (secondary N) is 1. The zero-order chi connectivity index (χ0) is 13.5. The Labute approximate surface area is 112 Å². The molecule has 2 aromatic rings. The molecule has 6 heteroatoms. The number of halogens is 2. The Morgan fingerprint density at radius 1 is 1.21 bits per heavy atom. The van der Waals surface area contributed by atoms with Gasteiger partial charge in [0.2, 0.25) is 0 Å². The lowest BCUT2D eigenvalue weighted by Crippen LogP contribution is -2.25. The van der Waals surface area contributed by atoms with Crippen LogP contribution in [0.4, 0.5) is 14.5 Å². The van der Waals surface area contributed by atoms with E-state index in [1.807, 2.05) is 18.4 Å². The number of thiophene rings is 1.